The van der Waals surface area contributed by atoms with Crippen LogP contribution in [0.25, 0.3) is 66.1 Å². The molecule has 0 amide bonds. The topological polar surface area (TPSA) is 13.1 Å². The Morgan fingerprint density at radius 1 is 0.340 bits per heavy atom. The zero-order valence-corrected chi connectivity index (χ0v) is 28.6. The summed E-state index contributed by atoms with van der Waals surface area (Å²) in [6.45, 7) is 0.247. The molecule has 4 aliphatic rings. The molecule has 0 saturated heterocycles. The van der Waals surface area contributed by atoms with Crippen molar-refractivity contribution < 1.29 is 0 Å². The highest BCUT2D eigenvalue weighted by Gasteiger charge is 2.46. The molecule has 0 unspecified atom stereocenters. The van der Waals surface area contributed by atoms with Crippen molar-refractivity contribution in [1.29, 1.82) is 0 Å². The number of aromatic nitrogens is 2. The number of nitrogens with zero attached hydrogens (tertiary/aromatic N) is 3. The molecule has 0 atom stereocenters. The third-order valence-corrected chi connectivity index (χ3v) is 12.9. The van der Waals surface area contributed by atoms with Crippen LogP contribution in [-0.2, 0) is 0 Å². The van der Waals surface area contributed by atoms with Crippen LogP contribution in [-0.4, -0.2) is 22.6 Å². The summed E-state index contributed by atoms with van der Waals surface area (Å²) in [6, 6.07) is 61.8. The average Bonchev–Trinajstić information content (AvgIpc) is 3.86. The molecule has 0 bridgehead atoms. The number of hydrogen-bond acceptors (Lipinski definition) is 1. The fraction of sp³-hybridized carbons (Fsp3) is 0. The minimum Gasteiger partial charge on any atom is -0.311 e. The molecule has 0 aliphatic carbocycles. The quantitative estimate of drug-likeness (QED) is 0.168. The molecule has 3 nitrogen and oxygen atoms in total. The third-order valence-electron chi connectivity index (χ3n) is 12.9. The molecule has 2 aromatic heterocycles. The van der Waals surface area contributed by atoms with Gasteiger partial charge in [0.25, 0.3) is 6.71 Å². The van der Waals surface area contributed by atoms with Crippen LogP contribution in [0.15, 0.2) is 164 Å². The van der Waals surface area contributed by atoms with Gasteiger partial charge in [-0.1, -0.05) is 127 Å². The molecule has 0 spiro atoms. The van der Waals surface area contributed by atoms with Crippen LogP contribution in [0.3, 0.4) is 0 Å². The number of benzene rings is 8. The zero-order chi connectivity index (χ0) is 34.1. The summed E-state index contributed by atoms with van der Waals surface area (Å²) >= 11 is 0. The SMILES string of the molecule is c1ccc(N2c3ccccc3B3c4cc5c(cc4-n4c6ccccc6c6ccc2c3c64)-n2c3ccccc3c3ccc4c(c32)B5c2ccccc2-4)cc1. The summed E-state index contributed by atoms with van der Waals surface area (Å²) in [5.41, 5.74) is 22.6. The van der Waals surface area contributed by atoms with Gasteiger partial charge in [-0.3, -0.25) is 0 Å². The standard InChI is InChI=1S/C48H27B2N3/c1-2-12-28(13-3-1)51-41-21-11-8-18-36(41)50-38-26-37-43(27-44(38)53-40-20-10-6-16-31(40)34-24-25-42(51)46(50)48(34)53)52-39-19-9-5-15-30(39)33-23-22-32-29-14-4-7-17-35(29)49(37)45(32)47(33)52/h1-27H. The summed E-state index contributed by atoms with van der Waals surface area (Å²) in [4.78, 5) is 2.49. The third kappa shape index (κ3) is 3.03. The van der Waals surface area contributed by atoms with Gasteiger partial charge in [-0.15, -0.1) is 0 Å². The van der Waals surface area contributed by atoms with Gasteiger partial charge in [-0.2, -0.15) is 0 Å². The van der Waals surface area contributed by atoms with Crippen LogP contribution in [0.1, 0.15) is 0 Å². The van der Waals surface area contributed by atoms with Gasteiger partial charge in [0.2, 0.25) is 6.71 Å². The molecule has 8 aromatic carbocycles. The Morgan fingerprint density at radius 3 is 1.68 bits per heavy atom. The number of fused-ring (bicyclic) bond motifs is 17. The Balaban J connectivity index is 1.18. The molecule has 0 N–H and O–H groups in total. The lowest BCUT2D eigenvalue weighted by Gasteiger charge is -2.40. The predicted molar refractivity (Wildman–Crippen MR) is 225 cm³/mol. The molecule has 6 heterocycles. The van der Waals surface area contributed by atoms with Crippen molar-refractivity contribution in [2.45, 2.75) is 0 Å². The van der Waals surface area contributed by atoms with Gasteiger partial charge in [-0.25, -0.2) is 0 Å². The summed E-state index contributed by atoms with van der Waals surface area (Å²) in [6.07, 6.45) is 0. The Morgan fingerprint density at radius 2 is 0.925 bits per heavy atom. The van der Waals surface area contributed by atoms with Crippen LogP contribution in [0.2, 0.25) is 0 Å². The molecule has 0 radical (unpaired) electrons. The first-order chi connectivity index (χ1) is 26.3. The van der Waals surface area contributed by atoms with Crippen molar-refractivity contribution >= 4 is 107 Å². The summed E-state index contributed by atoms with van der Waals surface area (Å²) in [5, 5.41) is 5.27. The van der Waals surface area contributed by atoms with Crippen molar-refractivity contribution in [1.82, 2.24) is 9.13 Å². The van der Waals surface area contributed by atoms with E-state index in [1.165, 1.54) is 116 Å². The first-order valence-corrected chi connectivity index (χ1v) is 18.7. The van der Waals surface area contributed by atoms with Gasteiger partial charge in [0.15, 0.2) is 0 Å². The second-order valence-electron chi connectivity index (χ2n) is 15.2. The van der Waals surface area contributed by atoms with E-state index in [1.807, 2.05) is 0 Å². The number of hydrogen-bond donors (Lipinski definition) is 0. The average molecular weight is 667 g/mol. The molecule has 4 aliphatic heterocycles. The minimum absolute atomic E-state index is 0.0803. The van der Waals surface area contributed by atoms with Crippen molar-refractivity contribution in [3.63, 3.8) is 0 Å². The molecule has 53 heavy (non-hydrogen) atoms. The maximum atomic E-state index is 2.62. The lowest BCUT2D eigenvalue weighted by molar-refractivity contribution is 1.14. The Hall–Kier alpha value is -6.71. The van der Waals surface area contributed by atoms with E-state index in [-0.39, 0.29) is 13.4 Å². The van der Waals surface area contributed by atoms with Crippen LogP contribution in [0.4, 0.5) is 17.1 Å². The van der Waals surface area contributed by atoms with Gasteiger partial charge < -0.3 is 14.0 Å². The Bertz CT molecular complexity index is 3320. The molecular weight excluding hydrogens is 640 g/mol. The predicted octanol–water partition coefficient (Wildman–Crippen LogP) is 7.30. The van der Waals surface area contributed by atoms with Gasteiger partial charge >= 0.3 is 0 Å². The van der Waals surface area contributed by atoms with E-state index < -0.39 is 0 Å². The van der Waals surface area contributed by atoms with Gasteiger partial charge in [0.1, 0.15) is 0 Å². The Labute approximate surface area is 306 Å². The van der Waals surface area contributed by atoms with E-state index in [2.05, 4.69) is 178 Å². The molecular formula is C48H27B2N3. The number of para-hydroxylation sites is 4. The van der Waals surface area contributed by atoms with E-state index >= 15 is 0 Å². The van der Waals surface area contributed by atoms with Gasteiger partial charge in [0, 0.05) is 55.5 Å². The highest BCUT2D eigenvalue weighted by Crippen LogP contribution is 2.44. The second-order valence-corrected chi connectivity index (χ2v) is 15.2. The summed E-state index contributed by atoms with van der Waals surface area (Å²) in [5.74, 6) is 0. The Kier molecular flexibility index (Phi) is 4.69. The van der Waals surface area contributed by atoms with Crippen molar-refractivity contribution in [2.24, 2.45) is 0 Å². The summed E-state index contributed by atoms with van der Waals surface area (Å²) < 4.78 is 5.20. The lowest BCUT2D eigenvalue weighted by Crippen LogP contribution is -2.62. The summed E-state index contributed by atoms with van der Waals surface area (Å²) in [7, 11) is 0. The molecule has 5 heteroatoms. The van der Waals surface area contributed by atoms with E-state index in [9.17, 15) is 0 Å². The smallest absolute Gasteiger partial charge is 0.252 e. The largest absolute Gasteiger partial charge is 0.311 e. The highest BCUT2D eigenvalue weighted by molar-refractivity contribution is 7.03. The van der Waals surface area contributed by atoms with E-state index in [1.54, 1.807) is 0 Å². The number of rotatable bonds is 1. The first kappa shape index (κ1) is 27.0. The fourth-order valence-electron chi connectivity index (χ4n) is 11.0. The van der Waals surface area contributed by atoms with Gasteiger partial charge in [0.05, 0.1) is 16.6 Å². The van der Waals surface area contributed by atoms with E-state index in [0.29, 0.717) is 0 Å². The van der Waals surface area contributed by atoms with E-state index in [4.69, 9.17) is 0 Å². The van der Waals surface area contributed by atoms with Gasteiger partial charge in [-0.05, 0) is 80.9 Å². The van der Waals surface area contributed by atoms with Crippen molar-refractivity contribution in [3.05, 3.63) is 164 Å². The maximum Gasteiger partial charge on any atom is 0.252 e. The molecule has 10 aromatic rings. The van der Waals surface area contributed by atoms with Crippen molar-refractivity contribution in [2.75, 3.05) is 4.90 Å². The molecule has 14 rings (SSSR count). The van der Waals surface area contributed by atoms with Crippen LogP contribution < -0.4 is 37.7 Å². The maximum absolute atomic E-state index is 2.62. The zero-order valence-electron chi connectivity index (χ0n) is 28.6. The van der Waals surface area contributed by atoms with Crippen molar-refractivity contribution in [3.8, 4) is 22.5 Å². The normalized spacial score (nSPS) is 13.9. The fourth-order valence-corrected chi connectivity index (χ4v) is 11.0. The van der Waals surface area contributed by atoms with Crippen LogP contribution in [0.5, 0.6) is 0 Å². The van der Waals surface area contributed by atoms with Crippen LogP contribution in [0, 0.1) is 0 Å². The van der Waals surface area contributed by atoms with E-state index in [0.717, 1.165) is 0 Å². The molecule has 0 fully saturated rings. The minimum atomic E-state index is 0.0803. The highest BCUT2D eigenvalue weighted by atomic mass is 15.2. The molecule has 0 saturated carbocycles. The molecule has 240 valence electrons. The number of anilines is 3. The monoisotopic (exact) mass is 667 g/mol. The second kappa shape index (κ2) is 9.20. The lowest BCUT2D eigenvalue weighted by atomic mass is 9.32. The first-order valence-electron chi connectivity index (χ1n) is 18.7. The van der Waals surface area contributed by atoms with Crippen LogP contribution >= 0.6 is 0 Å².